The number of halogens is 2. The number of aromatic nitrogens is 4. The molecule has 1 unspecified atom stereocenters. The first-order valence-corrected chi connectivity index (χ1v) is 15.0. The Hall–Kier alpha value is -3.51. The van der Waals surface area contributed by atoms with Crippen molar-refractivity contribution in [2.75, 3.05) is 4.31 Å². The third-order valence-electron chi connectivity index (χ3n) is 6.18. The fourth-order valence-electron chi connectivity index (χ4n) is 4.46. The average molecular weight is 617 g/mol. The molecule has 3 heterocycles. The van der Waals surface area contributed by atoms with E-state index < -0.39 is 27.4 Å². The molecule has 5 rings (SSSR count). The van der Waals surface area contributed by atoms with Crippen LogP contribution in [0.3, 0.4) is 0 Å². The van der Waals surface area contributed by atoms with E-state index in [0.717, 1.165) is 20.4 Å². The number of carbonyl (C=O) groups is 1. The fourth-order valence-corrected chi connectivity index (χ4v) is 7.59. The third-order valence-corrected chi connectivity index (χ3v) is 9.21. The van der Waals surface area contributed by atoms with Gasteiger partial charge in [0.2, 0.25) is 0 Å². The van der Waals surface area contributed by atoms with Crippen LogP contribution < -0.4 is 4.31 Å². The van der Waals surface area contributed by atoms with E-state index >= 15 is 0 Å². The molecule has 3 aromatic heterocycles. The molecule has 0 aliphatic carbocycles. The van der Waals surface area contributed by atoms with E-state index in [9.17, 15) is 18.3 Å². The highest BCUT2D eigenvalue weighted by atomic mass is 35.5. The second-order valence-electron chi connectivity index (χ2n) is 10.1. The van der Waals surface area contributed by atoms with Gasteiger partial charge in [0.15, 0.2) is 5.82 Å². The van der Waals surface area contributed by atoms with E-state index in [1.54, 1.807) is 63.6 Å². The van der Waals surface area contributed by atoms with Crippen molar-refractivity contribution in [3.05, 3.63) is 82.5 Å². The Morgan fingerprint density at radius 3 is 2.42 bits per heavy atom. The molecule has 13 heteroatoms. The summed E-state index contributed by atoms with van der Waals surface area (Å²) < 4.78 is 30.9. The SMILES string of the molecule is CC(C)(C)C(C(=O)O)N(c1ccc2c(ccn2-c2cc(-c3nccs3)cnn2)c1)S(=O)(=O)c1cc(Cl)cc(Cl)c1. The van der Waals surface area contributed by atoms with Gasteiger partial charge in [-0.1, -0.05) is 44.0 Å². The number of aliphatic carboxylic acids is 1. The van der Waals surface area contributed by atoms with Crippen LogP contribution in [-0.4, -0.2) is 45.3 Å². The summed E-state index contributed by atoms with van der Waals surface area (Å²) in [5, 5.41) is 22.2. The van der Waals surface area contributed by atoms with Crippen LogP contribution in [0.4, 0.5) is 5.69 Å². The van der Waals surface area contributed by atoms with Crippen molar-refractivity contribution in [2.45, 2.75) is 31.7 Å². The normalized spacial score (nSPS) is 12.9. The largest absolute Gasteiger partial charge is 0.480 e. The summed E-state index contributed by atoms with van der Waals surface area (Å²) >= 11 is 13.7. The van der Waals surface area contributed by atoms with E-state index in [1.807, 2.05) is 16.0 Å². The molecule has 0 saturated carbocycles. The van der Waals surface area contributed by atoms with Gasteiger partial charge in [0.1, 0.15) is 11.0 Å². The number of rotatable bonds is 7. The van der Waals surface area contributed by atoms with Crippen LogP contribution in [0.25, 0.3) is 27.3 Å². The number of fused-ring (bicyclic) bond motifs is 1. The molecule has 1 N–H and O–H groups in total. The minimum Gasteiger partial charge on any atom is -0.480 e. The first-order valence-electron chi connectivity index (χ1n) is 11.9. The Kier molecular flexibility index (Phi) is 7.34. The summed E-state index contributed by atoms with van der Waals surface area (Å²) in [5.41, 5.74) is 0.727. The summed E-state index contributed by atoms with van der Waals surface area (Å²) in [4.78, 5) is 16.7. The maximum atomic E-state index is 14.1. The van der Waals surface area contributed by atoms with Crippen LogP contribution in [0.15, 0.2) is 77.4 Å². The van der Waals surface area contributed by atoms with Crippen LogP contribution in [-0.2, 0) is 14.8 Å². The molecular formula is C27H23Cl2N5O4S2. The van der Waals surface area contributed by atoms with Gasteiger partial charge in [0.25, 0.3) is 10.0 Å². The average Bonchev–Trinajstić information content (AvgIpc) is 3.56. The zero-order valence-electron chi connectivity index (χ0n) is 21.5. The topological polar surface area (TPSA) is 118 Å². The molecule has 0 saturated heterocycles. The molecule has 2 aromatic carbocycles. The van der Waals surface area contributed by atoms with Gasteiger partial charge in [-0.3, -0.25) is 8.87 Å². The van der Waals surface area contributed by atoms with Gasteiger partial charge in [-0.15, -0.1) is 16.4 Å². The van der Waals surface area contributed by atoms with Gasteiger partial charge in [-0.25, -0.2) is 18.2 Å². The molecule has 40 heavy (non-hydrogen) atoms. The minimum absolute atomic E-state index is 0.113. The van der Waals surface area contributed by atoms with Gasteiger partial charge in [-0.05, 0) is 53.9 Å². The third kappa shape index (κ3) is 5.29. The summed E-state index contributed by atoms with van der Waals surface area (Å²) in [5.74, 6) is -0.747. The van der Waals surface area contributed by atoms with Crippen molar-refractivity contribution in [3.8, 4) is 16.4 Å². The van der Waals surface area contributed by atoms with Crippen molar-refractivity contribution >= 4 is 67.1 Å². The number of sulfonamides is 1. The van der Waals surface area contributed by atoms with Gasteiger partial charge < -0.3 is 5.11 Å². The van der Waals surface area contributed by atoms with E-state index in [4.69, 9.17) is 23.2 Å². The maximum Gasteiger partial charge on any atom is 0.328 e. The van der Waals surface area contributed by atoms with Crippen molar-refractivity contribution in [2.24, 2.45) is 5.41 Å². The Labute approximate surface area is 244 Å². The molecule has 0 bridgehead atoms. The van der Waals surface area contributed by atoms with E-state index in [1.165, 1.54) is 29.5 Å². The summed E-state index contributed by atoms with van der Waals surface area (Å²) in [7, 11) is -4.42. The number of hydrogen-bond donors (Lipinski definition) is 1. The van der Waals surface area contributed by atoms with E-state index in [2.05, 4.69) is 15.2 Å². The van der Waals surface area contributed by atoms with Crippen molar-refractivity contribution < 1.29 is 18.3 Å². The zero-order chi connectivity index (χ0) is 28.8. The van der Waals surface area contributed by atoms with Crippen molar-refractivity contribution in [1.82, 2.24) is 19.7 Å². The van der Waals surface area contributed by atoms with Gasteiger partial charge >= 0.3 is 5.97 Å². The number of nitrogens with zero attached hydrogens (tertiary/aromatic N) is 5. The van der Waals surface area contributed by atoms with Gasteiger partial charge in [0, 0.05) is 38.8 Å². The summed E-state index contributed by atoms with van der Waals surface area (Å²) in [6, 6.07) is 11.0. The first-order chi connectivity index (χ1) is 18.9. The lowest BCUT2D eigenvalue weighted by atomic mass is 9.86. The molecule has 9 nitrogen and oxygen atoms in total. The number of anilines is 1. The van der Waals surface area contributed by atoms with Crippen LogP contribution in [0.2, 0.25) is 10.0 Å². The first kappa shape index (κ1) is 28.0. The molecule has 0 aliphatic heterocycles. The molecule has 1 atom stereocenters. The predicted molar refractivity (Wildman–Crippen MR) is 157 cm³/mol. The molecular weight excluding hydrogens is 593 g/mol. The predicted octanol–water partition coefficient (Wildman–Crippen LogP) is 6.55. The smallest absolute Gasteiger partial charge is 0.328 e. The highest BCUT2D eigenvalue weighted by Gasteiger charge is 2.43. The number of thiazole rings is 1. The Morgan fingerprint density at radius 1 is 1.07 bits per heavy atom. The highest BCUT2D eigenvalue weighted by molar-refractivity contribution is 7.93. The Morgan fingerprint density at radius 2 is 1.80 bits per heavy atom. The quantitative estimate of drug-likeness (QED) is 0.220. The summed E-state index contributed by atoms with van der Waals surface area (Å²) in [6.45, 7) is 5.01. The van der Waals surface area contributed by atoms with Crippen LogP contribution in [0, 0.1) is 5.41 Å². The molecule has 0 amide bonds. The van der Waals surface area contributed by atoms with Crippen molar-refractivity contribution in [3.63, 3.8) is 0 Å². The Balaban J connectivity index is 1.66. The molecule has 0 fully saturated rings. The molecule has 5 aromatic rings. The number of hydrogen-bond acceptors (Lipinski definition) is 7. The van der Waals surface area contributed by atoms with E-state index in [-0.39, 0.29) is 20.6 Å². The van der Waals surface area contributed by atoms with Crippen LogP contribution in [0.1, 0.15) is 20.8 Å². The van der Waals surface area contributed by atoms with Crippen LogP contribution >= 0.6 is 34.5 Å². The molecule has 0 aliphatic rings. The minimum atomic E-state index is -4.42. The second-order valence-corrected chi connectivity index (χ2v) is 13.7. The molecule has 0 radical (unpaired) electrons. The number of carboxylic acids is 1. The second kappa shape index (κ2) is 10.5. The standard InChI is InChI=1S/C27H23Cl2N5O4S2/c1-27(2,3)24(26(35)36)34(40(37,38)21-13-18(28)12-19(29)14-21)20-4-5-22-16(10-20)6-8-33(22)23-11-17(15-31-32-23)25-30-7-9-39-25/h4-15,24H,1-3H3,(H,35,36). The highest BCUT2D eigenvalue weighted by Crippen LogP contribution is 2.37. The van der Waals surface area contributed by atoms with Gasteiger partial charge in [0.05, 0.1) is 22.3 Å². The Bertz CT molecular complexity index is 1810. The number of benzene rings is 2. The van der Waals surface area contributed by atoms with E-state index in [0.29, 0.717) is 11.2 Å². The van der Waals surface area contributed by atoms with Gasteiger partial charge in [-0.2, -0.15) is 5.10 Å². The molecule has 0 spiro atoms. The number of carboxylic acid groups (broad SMARTS) is 1. The lowest BCUT2D eigenvalue weighted by Crippen LogP contribution is -2.52. The van der Waals surface area contributed by atoms with Crippen LogP contribution in [0.5, 0.6) is 0 Å². The maximum absolute atomic E-state index is 14.1. The fraction of sp³-hybridized carbons (Fsp3) is 0.185. The van der Waals surface area contributed by atoms with Crippen molar-refractivity contribution in [1.29, 1.82) is 0 Å². The zero-order valence-corrected chi connectivity index (χ0v) is 24.6. The summed E-state index contributed by atoms with van der Waals surface area (Å²) in [6.07, 6.45) is 5.14. The lowest BCUT2D eigenvalue weighted by Gasteiger charge is -2.37. The molecule has 206 valence electrons. The lowest BCUT2D eigenvalue weighted by molar-refractivity contribution is -0.140. The monoisotopic (exact) mass is 615 g/mol.